The third-order valence-electron chi connectivity index (χ3n) is 4.28. The predicted octanol–water partition coefficient (Wildman–Crippen LogP) is 3.83. The molecule has 0 saturated carbocycles. The van der Waals surface area contributed by atoms with Crippen LogP contribution in [0.4, 0.5) is 4.79 Å². The number of halogens is 1. The van der Waals surface area contributed by atoms with Gasteiger partial charge in [0.2, 0.25) is 5.79 Å². The maximum absolute atomic E-state index is 12.6. The van der Waals surface area contributed by atoms with Gasteiger partial charge in [-0.05, 0) is 61.2 Å². The summed E-state index contributed by atoms with van der Waals surface area (Å²) in [5.41, 5.74) is 1.37. The van der Waals surface area contributed by atoms with Gasteiger partial charge in [-0.15, -0.1) is 5.10 Å². The molecule has 9 nitrogen and oxygen atoms in total. The van der Waals surface area contributed by atoms with Crippen LogP contribution in [0.3, 0.4) is 0 Å². The second-order valence-electron chi connectivity index (χ2n) is 8.74. The van der Waals surface area contributed by atoms with Crippen molar-refractivity contribution in [1.82, 2.24) is 20.3 Å². The van der Waals surface area contributed by atoms with Gasteiger partial charge >= 0.3 is 12.1 Å². The third-order valence-corrected chi connectivity index (χ3v) is 4.91. The van der Waals surface area contributed by atoms with E-state index in [4.69, 9.17) is 14.2 Å². The summed E-state index contributed by atoms with van der Waals surface area (Å²) in [5.74, 6) is -0.998. The van der Waals surface area contributed by atoms with Crippen LogP contribution >= 0.6 is 15.9 Å². The zero-order valence-electron chi connectivity index (χ0n) is 18.3. The van der Waals surface area contributed by atoms with Crippen LogP contribution in [0.5, 0.6) is 5.75 Å². The van der Waals surface area contributed by atoms with Crippen LogP contribution in [-0.4, -0.2) is 45.0 Å². The van der Waals surface area contributed by atoms with Gasteiger partial charge in [-0.25, -0.2) is 14.3 Å². The molecule has 3 rings (SSSR count). The zero-order valence-corrected chi connectivity index (χ0v) is 19.9. The van der Waals surface area contributed by atoms with Crippen LogP contribution in [0, 0.1) is 0 Å². The van der Waals surface area contributed by atoms with E-state index in [-0.39, 0.29) is 0 Å². The number of hydrogen-bond acceptors (Lipinski definition) is 7. The fourth-order valence-electron chi connectivity index (χ4n) is 3.07. The van der Waals surface area contributed by atoms with Crippen LogP contribution in [0.2, 0.25) is 0 Å². The van der Waals surface area contributed by atoms with Gasteiger partial charge in [-0.3, -0.25) is 0 Å². The van der Waals surface area contributed by atoms with Crippen molar-refractivity contribution in [2.45, 2.75) is 65.4 Å². The SMILES string of the molecule is CC(C)(C)OC(=O)NCCCc1cn(Cc2ccc(Br)c3c2C(=O)OC(C)(C)O3)nn1. The van der Waals surface area contributed by atoms with Crippen molar-refractivity contribution in [3.05, 3.63) is 39.6 Å². The maximum Gasteiger partial charge on any atom is 0.407 e. The minimum Gasteiger partial charge on any atom is -0.451 e. The van der Waals surface area contributed by atoms with Gasteiger partial charge in [0, 0.05) is 26.6 Å². The quantitative estimate of drug-likeness (QED) is 0.480. The molecule has 0 bridgehead atoms. The molecule has 0 radical (unpaired) electrons. The van der Waals surface area contributed by atoms with E-state index in [0.29, 0.717) is 41.7 Å². The number of aromatic nitrogens is 3. The number of fused-ring (bicyclic) bond motifs is 1. The highest BCUT2D eigenvalue weighted by atomic mass is 79.9. The molecule has 0 unspecified atom stereocenters. The molecule has 168 valence electrons. The van der Waals surface area contributed by atoms with Gasteiger partial charge in [-0.1, -0.05) is 11.3 Å². The van der Waals surface area contributed by atoms with Gasteiger partial charge < -0.3 is 19.5 Å². The topological polar surface area (TPSA) is 105 Å². The number of rotatable bonds is 6. The second kappa shape index (κ2) is 8.86. The van der Waals surface area contributed by atoms with Crippen molar-refractivity contribution in [2.24, 2.45) is 0 Å². The standard InChI is InChI=1S/C21H27BrN4O5/c1-20(2,3)31-19(28)23-10-6-7-14-12-26(25-24-14)11-13-8-9-15(22)17-16(13)18(27)30-21(4,5)29-17/h8-9,12H,6-7,10-11H2,1-5H3,(H,23,28). The first-order chi connectivity index (χ1) is 14.4. The maximum atomic E-state index is 12.6. The average Bonchev–Trinajstić information content (AvgIpc) is 3.06. The number of esters is 1. The number of hydrogen-bond donors (Lipinski definition) is 1. The second-order valence-corrected chi connectivity index (χ2v) is 9.60. The molecule has 2 heterocycles. The lowest BCUT2D eigenvalue weighted by atomic mass is 10.0. The number of nitrogens with one attached hydrogen (secondary N) is 1. The van der Waals surface area contributed by atoms with E-state index < -0.39 is 23.5 Å². The Morgan fingerprint density at radius 2 is 2.03 bits per heavy atom. The molecule has 10 heteroatoms. The first-order valence-electron chi connectivity index (χ1n) is 10.0. The van der Waals surface area contributed by atoms with Crippen molar-refractivity contribution < 1.29 is 23.8 Å². The zero-order chi connectivity index (χ0) is 22.8. The van der Waals surface area contributed by atoms with E-state index in [1.807, 2.05) is 39.1 Å². The van der Waals surface area contributed by atoms with Crippen LogP contribution in [0.1, 0.15) is 62.7 Å². The molecule has 0 spiro atoms. The summed E-state index contributed by atoms with van der Waals surface area (Å²) in [6.07, 6.45) is 2.73. The highest BCUT2D eigenvalue weighted by Gasteiger charge is 2.36. The molecule has 1 aliphatic rings. The van der Waals surface area contributed by atoms with E-state index in [2.05, 4.69) is 31.6 Å². The summed E-state index contributed by atoms with van der Waals surface area (Å²) < 4.78 is 18.8. The van der Waals surface area contributed by atoms with Crippen LogP contribution in [0.25, 0.3) is 0 Å². The number of amides is 1. The van der Waals surface area contributed by atoms with Gasteiger partial charge in [0.1, 0.15) is 11.2 Å². The molecule has 1 aliphatic heterocycles. The molecule has 0 fully saturated rings. The minimum atomic E-state index is -1.03. The van der Waals surface area contributed by atoms with Gasteiger partial charge in [0.15, 0.2) is 5.75 Å². The Hall–Kier alpha value is -2.62. The number of nitrogens with zero attached hydrogens (tertiary/aromatic N) is 3. The molecule has 1 aromatic heterocycles. The number of cyclic esters (lactones) is 1. The number of alkyl carbamates (subject to hydrolysis) is 1. The number of aryl methyl sites for hydroxylation is 1. The van der Waals surface area contributed by atoms with E-state index in [0.717, 1.165) is 11.3 Å². The Morgan fingerprint density at radius 3 is 2.74 bits per heavy atom. The fourth-order valence-corrected chi connectivity index (χ4v) is 3.48. The number of carbonyl (C=O) groups excluding carboxylic acids is 2. The van der Waals surface area contributed by atoms with Gasteiger partial charge in [0.05, 0.1) is 16.7 Å². The van der Waals surface area contributed by atoms with Crippen LogP contribution in [-0.2, 0) is 22.4 Å². The summed E-state index contributed by atoms with van der Waals surface area (Å²) in [6.45, 7) is 9.65. The van der Waals surface area contributed by atoms with Crippen molar-refractivity contribution in [1.29, 1.82) is 0 Å². The smallest absolute Gasteiger partial charge is 0.407 e. The molecule has 2 aromatic rings. The lowest BCUT2D eigenvalue weighted by Crippen LogP contribution is -2.39. The Balaban J connectivity index is 1.60. The summed E-state index contributed by atoms with van der Waals surface area (Å²) in [5, 5.41) is 11.0. The Labute approximate surface area is 189 Å². The minimum absolute atomic E-state index is 0.345. The van der Waals surface area contributed by atoms with Crippen molar-refractivity contribution >= 4 is 28.0 Å². The summed E-state index contributed by atoms with van der Waals surface area (Å²) in [6, 6.07) is 3.67. The monoisotopic (exact) mass is 494 g/mol. The average molecular weight is 495 g/mol. The molecule has 31 heavy (non-hydrogen) atoms. The predicted molar refractivity (Wildman–Crippen MR) is 116 cm³/mol. The van der Waals surface area contributed by atoms with E-state index in [9.17, 15) is 9.59 Å². The Morgan fingerprint density at radius 1 is 1.29 bits per heavy atom. The van der Waals surface area contributed by atoms with Gasteiger partial charge in [-0.2, -0.15) is 0 Å². The normalized spacial score (nSPS) is 15.0. The highest BCUT2D eigenvalue weighted by molar-refractivity contribution is 9.10. The van der Waals surface area contributed by atoms with Crippen LogP contribution < -0.4 is 10.1 Å². The molecule has 0 aliphatic carbocycles. The Bertz CT molecular complexity index is 981. The molecular weight excluding hydrogens is 468 g/mol. The molecule has 1 amide bonds. The molecule has 0 saturated heterocycles. The summed E-state index contributed by atoms with van der Waals surface area (Å²) in [7, 11) is 0. The Kier molecular flexibility index (Phi) is 6.59. The van der Waals surface area contributed by atoms with E-state index in [1.165, 1.54) is 0 Å². The van der Waals surface area contributed by atoms with Crippen LogP contribution in [0.15, 0.2) is 22.8 Å². The molecule has 0 atom stereocenters. The lowest BCUT2D eigenvalue weighted by Gasteiger charge is -2.33. The summed E-state index contributed by atoms with van der Waals surface area (Å²) >= 11 is 3.44. The molecule has 1 N–H and O–H groups in total. The summed E-state index contributed by atoms with van der Waals surface area (Å²) in [4.78, 5) is 24.2. The third kappa shape index (κ3) is 6.19. The first kappa shape index (κ1) is 23.1. The van der Waals surface area contributed by atoms with E-state index >= 15 is 0 Å². The molecule has 1 aromatic carbocycles. The van der Waals surface area contributed by atoms with Gasteiger partial charge in [0.25, 0.3) is 0 Å². The fraction of sp³-hybridized carbons (Fsp3) is 0.524. The first-order valence-corrected chi connectivity index (χ1v) is 10.8. The van der Waals surface area contributed by atoms with Crippen molar-refractivity contribution in [2.75, 3.05) is 6.54 Å². The van der Waals surface area contributed by atoms with Crippen molar-refractivity contribution in [3.8, 4) is 5.75 Å². The van der Waals surface area contributed by atoms with E-state index in [1.54, 1.807) is 18.5 Å². The lowest BCUT2D eigenvalue weighted by molar-refractivity contribution is -0.127. The largest absolute Gasteiger partial charge is 0.451 e. The number of ether oxygens (including phenoxy) is 3. The number of benzene rings is 1. The number of carbonyl (C=O) groups is 2. The molecular formula is C21H27BrN4O5. The van der Waals surface area contributed by atoms with Crippen molar-refractivity contribution in [3.63, 3.8) is 0 Å². The highest BCUT2D eigenvalue weighted by Crippen LogP contribution is 2.39.